The monoisotopic (exact) mass is 404 g/mol. The van der Waals surface area contributed by atoms with Crippen LogP contribution in [-0.2, 0) is 0 Å². The Morgan fingerprint density at radius 1 is 1.10 bits per heavy atom. The average molecular weight is 404 g/mol. The minimum Gasteiger partial charge on any atom is -0.378 e. The zero-order chi connectivity index (χ0) is 19.8. The fourth-order valence-electron chi connectivity index (χ4n) is 4.16. The summed E-state index contributed by atoms with van der Waals surface area (Å²) >= 11 is 1.53. The van der Waals surface area contributed by atoms with Gasteiger partial charge in [0.05, 0.1) is 10.6 Å². The summed E-state index contributed by atoms with van der Waals surface area (Å²) in [6.45, 7) is 1.23. The van der Waals surface area contributed by atoms with Crippen LogP contribution in [0.2, 0.25) is 0 Å². The highest BCUT2D eigenvalue weighted by molar-refractivity contribution is 7.18. The lowest BCUT2D eigenvalue weighted by atomic mass is 9.80. The van der Waals surface area contributed by atoms with Crippen LogP contribution in [0.1, 0.15) is 39.4 Å². The predicted molar refractivity (Wildman–Crippen MR) is 112 cm³/mol. The average Bonchev–Trinajstić information content (AvgIpc) is 3.19. The molecule has 0 aliphatic carbocycles. The van der Waals surface area contributed by atoms with Gasteiger partial charge in [-0.2, -0.15) is 0 Å². The summed E-state index contributed by atoms with van der Waals surface area (Å²) in [5.74, 6) is 0.146. The number of pyridine rings is 2. The third kappa shape index (κ3) is 3.31. The van der Waals surface area contributed by atoms with E-state index in [2.05, 4.69) is 21.4 Å². The number of anilines is 1. The molecule has 0 atom stereocenters. The highest BCUT2D eigenvalue weighted by Gasteiger charge is 2.42. The van der Waals surface area contributed by atoms with E-state index in [1.54, 1.807) is 30.7 Å². The molecule has 7 heteroatoms. The maximum absolute atomic E-state index is 12.9. The maximum atomic E-state index is 12.9. The number of nitrogens with zero attached hydrogens (tertiary/aromatic N) is 3. The van der Waals surface area contributed by atoms with Crippen LogP contribution >= 0.6 is 11.3 Å². The number of carbonyl (C=O) groups excluding carboxylic acids is 2. The number of likely N-dealkylation sites (tertiary alicyclic amines) is 1. The van der Waals surface area contributed by atoms with Crippen LogP contribution in [0.4, 0.5) is 5.69 Å². The molecule has 0 saturated carbocycles. The minimum absolute atomic E-state index is 0.0428. The Balaban J connectivity index is 1.33. The van der Waals surface area contributed by atoms with Crippen LogP contribution in [0.5, 0.6) is 0 Å². The number of carbonyl (C=O) groups is 2. The van der Waals surface area contributed by atoms with Gasteiger partial charge in [0.1, 0.15) is 5.69 Å². The van der Waals surface area contributed by atoms with Crippen molar-refractivity contribution in [2.24, 2.45) is 0 Å². The number of ketones is 1. The van der Waals surface area contributed by atoms with Crippen molar-refractivity contribution in [2.75, 3.05) is 18.4 Å². The second kappa shape index (κ2) is 7.08. The Labute approximate surface area is 172 Å². The van der Waals surface area contributed by atoms with Gasteiger partial charge in [0.2, 0.25) is 0 Å². The second-order valence-corrected chi connectivity index (χ2v) is 8.65. The molecule has 1 N–H and O–H groups in total. The molecule has 0 aromatic carbocycles. The first-order valence-corrected chi connectivity index (χ1v) is 10.5. The molecule has 29 heavy (non-hydrogen) atoms. The number of nitrogens with one attached hydrogen (secondary N) is 1. The topological polar surface area (TPSA) is 75.2 Å². The number of hydrogen-bond acceptors (Lipinski definition) is 6. The molecule has 2 aliphatic rings. The van der Waals surface area contributed by atoms with Gasteiger partial charge in [-0.3, -0.25) is 19.6 Å². The molecular weight excluding hydrogens is 384 g/mol. The van der Waals surface area contributed by atoms with Gasteiger partial charge >= 0.3 is 0 Å². The van der Waals surface area contributed by atoms with E-state index in [9.17, 15) is 9.59 Å². The van der Waals surface area contributed by atoms with Crippen LogP contribution in [0.15, 0.2) is 55.0 Å². The van der Waals surface area contributed by atoms with Crippen LogP contribution in [0.3, 0.4) is 0 Å². The number of amides is 1. The lowest BCUT2D eigenvalue weighted by molar-refractivity contribution is 0.0662. The number of thiophene rings is 1. The quantitative estimate of drug-likeness (QED) is 0.702. The van der Waals surface area contributed by atoms with E-state index in [0.717, 1.165) is 33.8 Å². The van der Waals surface area contributed by atoms with Gasteiger partial charge in [-0.1, -0.05) is 6.07 Å². The second-order valence-electron chi connectivity index (χ2n) is 7.60. The zero-order valence-electron chi connectivity index (χ0n) is 15.8. The zero-order valence-corrected chi connectivity index (χ0v) is 16.6. The smallest absolute Gasteiger partial charge is 0.272 e. The molecule has 146 valence electrons. The summed E-state index contributed by atoms with van der Waals surface area (Å²) in [6, 6.07) is 11.4. The Bertz CT molecular complexity index is 1060. The standard InChI is InChI=1S/C22H20N4O2S/c27-18-14-22(6-11-26(12-7-22)21(28)16-3-1-2-8-24-16)25-17-13-19(29-20(17)18)15-4-9-23-10-5-15/h1-5,8-10,13,25H,6-7,11-12,14H2. The highest BCUT2D eigenvalue weighted by atomic mass is 32.1. The molecule has 3 aromatic rings. The number of hydrogen-bond donors (Lipinski definition) is 1. The van der Waals surface area contributed by atoms with E-state index < -0.39 is 0 Å². The van der Waals surface area contributed by atoms with E-state index >= 15 is 0 Å². The summed E-state index contributed by atoms with van der Waals surface area (Å²) in [7, 11) is 0. The third-order valence-corrected chi connectivity index (χ3v) is 6.97. The van der Waals surface area contributed by atoms with Gasteiger partial charge in [-0.05, 0) is 48.7 Å². The highest BCUT2D eigenvalue weighted by Crippen LogP contribution is 2.43. The van der Waals surface area contributed by atoms with Crippen LogP contribution in [0, 0.1) is 0 Å². The van der Waals surface area contributed by atoms with Gasteiger partial charge in [-0.25, -0.2) is 0 Å². The van der Waals surface area contributed by atoms with Crippen molar-refractivity contribution in [2.45, 2.75) is 24.8 Å². The molecular formula is C22H20N4O2S. The molecule has 1 amide bonds. The molecule has 0 unspecified atom stereocenters. The van der Waals surface area contributed by atoms with Gasteiger partial charge < -0.3 is 10.2 Å². The SMILES string of the molecule is O=C1CC2(CCN(C(=O)c3ccccn3)CC2)Nc2cc(-c3ccncc3)sc21. The maximum Gasteiger partial charge on any atom is 0.272 e. The summed E-state index contributed by atoms with van der Waals surface area (Å²) in [6.07, 6.45) is 7.13. The van der Waals surface area contributed by atoms with Gasteiger partial charge in [0.25, 0.3) is 5.91 Å². The molecule has 5 rings (SSSR count). The Hall–Kier alpha value is -3.06. The number of Topliss-reactive ketones (excluding diaryl/α,β-unsaturated/α-hetero) is 1. The van der Waals surface area contributed by atoms with E-state index in [4.69, 9.17) is 0 Å². The van der Waals surface area contributed by atoms with E-state index in [1.807, 2.05) is 23.1 Å². The fourth-order valence-corrected chi connectivity index (χ4v) is 5.21. The number of aromatic nitrogens is 2. The molecule has 2 aliphatic heterocycles. The summed E-state index contributed by atoms with van der Waals surface area (Å²) < 4.78 is 0. The number of piperidine rings is 1. The Kier molecular flexibility index (Phi) is 4.39. The molecule has 3 aromatic heterocycles. The van der Waals surface area contributed by atoms with Crippen molar-refractivity contribution >= 4 is 28.7 Å². The van der Waals surface area contributed by atoms with Gasteiger partial charge in [-0.15, -0.1) is 11.3 Å². The molecule has 1 saturated heterocycles. The Morgan fingerprint density at radius 2 is 1.90 bits per heavy atom. The Morgan fingerprint density at radius 3 is 2.62 bits per heavy atom. The molecule has 1 fully saturated rings. The van der Waals surface area contributed by atoms with Crippen molar-refractivity contribution in [3.05, 3.63) is 65.6 Å². The van der Waals surface area contributed by atoms with Gasteiger partial charge in [0.15, 0.2) is 5.78 Å². The summed E-state index contributed by atoms with van der Waals surface area (Å²) in [5, 5.41) is 3.65. The number of fused-ring (bicyclic) bond motifs is 1. The van der Waals surface area contributed by atoms with Crippen molar-refractivity contribution in [1.29, 1.82) is 0 Å². The van der Waals surface area contributed by atoms with E-state index in [0.29, 0.717) is 25.2 Å². The first-order chi connectivity index (χ1) is 14.1. The fraction of sp³-hybridized carbons (Fsp3) is 0.273. The molecule has 5 heterocycles. The van der Waals surface area contributed by atoms with Crippen LogP contribution < -0.4 is 5.32 Å². The largest absolute Gasteiger partial charge is 0.378 e. The molecule has 1 spiro atoms. The van der Waals surface area contributed by atoms with Crippen LogP contribution in [-0.4, -0.2) is 45.2 Å². The normalized spacial score (nSPS) is 17.7. The number of rotatable bonds is 2. The third-order valence-electron chi connectivity index (χ3n) is 5.74. The van der Waals surface area contributed by atoms with Crippen molar-refractivity contribution in [3.63, 3.8) is 0 Å². The lowest BCUT2D eigenvalue weighted by Gasteiger charge is -2.44. The van der Waals surface area contributed by atoms with Crippen LogP contribution in [0.25, 0.3) is 10.4 Å². The van der Waals surface area contributed by atoms with E-state index in [1.165, 1.54) is 11.3 Å². The predicted octanol–water partition coefficient (Wildman–Crippen LogP) is 3.88. The van der Waals surface area contributed by atoms with Gasteiger partial charge in [0, 0.05) is 48.5 Å². The molecule has 0 bridgehead atoms. The van der Waals surface area contributed by atoms with Crippen molar-refractivity contribution < 1.29 is 9.59 Å². The summed E-state index contributed by atoms with van der Waals surface area (Å²) in [4.78, 5) is 37.5. The molecule has 0 radical (unpaired) electrons. The first kappa shape index (κ1) is 18.0. The van der Waals surface area contributed by atoms with E-state index in [-0.39, 0.29) is 17.2 Å². The molecule has 6 nitrogen and oxygen atoms in total. The lowest BCUT2D eigenvalue weighted by Crippen LogP contribution is -2.53. The minimum atomic E-state index is -0.276. The first-order valence-electron chi connectivity index (χ1n) is 9.70. The van der Waals surface area contributed by atoms with Crippen molar-refractivity contribution in [3.8, 4) is 10.4 Å². The summed E-state index contributed by atoms with van der Waals surface area (Å²) in [5.41, 5.74) is 2.18. The van der Waals surface area contributed by atoms with Crippen molar-refractivity contribution in [1.82, 2.24) is 14.9 Å².